The summed E-state index contributed by atoms with van der Waals surface area (Å²) < 4.78 is 17.0. The van der Waals surface area contributed by atoms with E-state index >= 15 is 0 Å². The van der Waals surface area contributed by atoms with E-state index in [2.05, 4.69) is 20.8 Å². The maximum absolute atomic E-state index is 12.9. The molecular weight excluding hydrogens is 997 g/mol. The van der Waals surface area contributed by atoms with E-state index < -0.39 is 6.10 Å². The van der Waals surface area contributed by atoms with Gasteiger partial charge in [0.25, 0.3) is 0 Å². The average molecular weight is 1140 g/mol. The zero-order valence-corrected chi connectivity index (χ0v) is 55.6. The van der Waals surface area contributed by atoms with Gasteiger partial charge in [-0.2, -0.15) is 0 Å². The van der Waals surface area contributed by atoms with Gasteiger partial charge in [-0.15, -0.1) is 0 Å². The summed E-state index contributed by atoms with van der Waals surface area (Å²) in [6, 6.07) is 0. The third-order valence-corrected chi connectivity index (χ3v) is 17.6. The maximum atomic E-state index is 12.9. The molecule has 1 atom stereocenters. The number of ether oxygens (including phenoxy) is 3. The molecule has 0 aromatic heterocycles. The van der Waals surface area contributed by atoms with Crippen LogP contribution in [0.15, 0.2) is 0 Å². The number of hydrogen-bond acceptors (Lipinski definition) is 6. The lowest BCUT2D eigenvalue weighted by atomic mass is 10.0. The minimum atomic E-state index is -0.763. The molecule has 0 spiro atoms. The summed E-state index contributed by atoms with van der Waals surface area (Å²) in [7, 11) is 0. The Kier molecular flexibility index (Phi) is 69.5. The van der Waals surface area contributed by atoms with Crippen LogP contribution in [-0.2, 0) is 28.6 Å². The highest BCUT2D eigenvalue weighted by atomic mass is 16.6. The molecule has 81 heavy (non-hydrogen) atoms. The van der Waals surface area contributed by atoms with E-state index in [1.54, 1.807) is 0 Å². The predicted molar refractivity (Wildman–Crippen MR) is 354 cm³/mol. The van der Waals surface area contributed by atoms with Crippen LogP contribution in [0.4, 0.5) is 0 Å². The molecule has 0 amide bonds. The van der Waals surface area contributed by atoms with Crippen LogP contribution in [0.25, 0.3) is 0 Å². The van der Waals surface area contributed by atoms with Gasteiger partial charge in [0.15, 0.2) is 6.10 Å². The quantitative estimate of drug-likeness (QED) is 0.0343. The van der Waals surface area contributed by atoms with E-state index in [0.717, 1.165) is 57.8 Å². The third kappa shape index (κ3) is 69.1. The van der Waals surface area contributed by atoms with Gasteiger partial charge >= 0.3 is 17.9 Å². The molecule has 0 radical (unpaired) electrons. The summed E-state index contributed by atoms with van der Waals surface area (Å²) in [5.41, 5.74) is 0. The molecule has 0 saturated carbocycles. The van der Waals surface area contributed by atoms with Crippen LogP contribution < -0.4 is 0 Å². The fourth-order valence-corrected chi connectivity index (χ4v) is 12.0. The second kappa shape index (κ2) is 70.9. The highest BCUT2D eigenvalue weighted by molar-refractivity contribution is 5.71. The lowest BCUT2D eigenvalue weighted by Gasteiger charge is -2.18. The minimum Gasteiger partial charge on any atom is -0.462 e. The average Bonchev–Trinajstić information content (AvgIpc) is 3.47. The lowest BCUT2D eigenvalue weighted by Crippen LogP contribution is -2.30. The fraction of sp³-hybridized carbons (Fsp3) is 0.960. The van der Waals surface area contributed by atoms with Crippen molar-refractivity contribution in [2.45, 2.75) is 451 Å². The Morgan fingerprint density at radius 1 is 0.198 bits per heavy atom. The van der Waals surface area contributed by atoms with E-state index in [9.17, 15) is 14.4 Å². The van der Waals surface area contributed by atoms with Crippen molar-refractivity contribution in [3.05, 3.63) is 0 Å². The third-order valence-electron chi connectivity index (χ3n) is 17.6. The largest absolute Gasteiger partial charge is 0.462 e. The Labute approximate surface area is 508 Å². The predicted octanol–water partition coefficient (Wildman–Crippen LogP) is 25.8. The van der Waals surface area contributed by atoms with Crippen molar-refractivity contribution < 1.29 is 28.6 Å². The van der Waals surface area contributed by atoms with Crippen molar-refractivity contribution >= 4 is 17.9 Å². The Morgan fingerprint density at radius 2 is 0.333 bits per heavy atom. The van der Waals surface area contributed by atoms with Crippen LogP contribution in [-0.4, -0.2) is 37.2 Å². The standard InChI is InChI=1S/C75H146O6/c1-4-7-10-13-16-19-22-24-26-28-30-31-32-33-34-35-36-37-38-39-40-41-42-43-44-46-47-49-51-53-56-59-62-65-68-74(77)80-71-72(70-79-73(76)67-64-61-58-55-21-18-15-12-9-6-3)81-75(78)69-66-63-60-57-54-52-50-48-45-29-27-25-23-20-17-14-11-8-5-2/h72H,4-71H2,1-3H3. The van der Waals surface area contributed by atoms with E-state index in [1.807, 2.05) is 0 Å². The Bertz CT molecular complexity index is 1220. The van der Waals surface area contributed by atoms with Crippen molar-refractivity contribution in [1.29, 1.82) is 0 Å². The summed E-state index contributed by atoms with van der Waals surface area (Å²) in [6.07, 6.45) is 84.6. The molecule has 0 aliphatic heterocycles. The first-order chi connectivity index (χ1) is 40.0. The topological polar surface area (TPSA) is 78.9 Å². The molecule has 0 bridgehead atoms. The van der Waals surface area contributed by atoms with E-state index in [-0.39, 0.29) is 31.1 Å². The van der Waals surface area contributed by atoms with Crippen LogP contribution in [0.3, 0.4) is 0 Å². The van der Waals surface area contributed by atoms with Gasteiger partial charge in [0.2, 0.25) is 0 Å². The first-order valence-corrected chi connectivity index (χ1v) is 37.5. The number of carbonyl (C=O) groups excluding carboxylic acids is 3. The molecule has 6 nitrogen and oxygen atoms in total. The van der Waals surface area contributed by atoms with E-state index in [0.29, 0.717) is 19.3 Å². The molecular formula is C75H146O6. The van der Waals surface area contributed by atoms with Gasteiger partial charge in [-0.1, -0.05) is 406 Å². The van der Waals surface area contributed by atoms with Crippen LogP contribution in [0.5, 0.6) is 0 Å². The maximum Gasteiger partial charge on any atom is 0.306 e. The smallest absolute Gasteiger partial charge is 0.306 e. The van der Waals surface area contributed by atoms with Gasteiger partial charge in [-0.05, 0) is 19.3 Å². The van der Waals surface area contributed by atoms with Gasteiger partial charge in [0.05, 0.1) is 0 Å². The molecule has 0 N–H and O–H groups in total. The van der Waals surface area contributed by atoms with Gasteiger partial charge in [0.1, 0.15) is 13.2 Å². The lowest BCUT2D eigenvalue weighted by molar-refractivity contribution is -0.167. The highest BCUT2D eigenvalue weighted by Crippen LogP contribution is 2.20. The van der Waals surface area contributed by atoms with Crippen molar-refractivity contribution in [2.24, 2.45) is 0 Å². The number of hydrogen-bond donors (Lipinski definition) is 0. The highest BCUT2D eigenvalue weighted by Gasteiger charge is 2.20. The summed E-state index contributed by atoms with van der Waals surface area (Å²) in [6.45, 7) is 6.73. The number of esters is 3. The minimum absolute atomic E-state index is 0.0605. The van der Waals surface area contributed by atoms with Crippen molar-refractivity contribution in [3.8, 4) is 0 Å². The van der Waals surface area contributed by atoms with Gasteiger partial charge in [-0.25, -0.2) is 0 Å². The molecule has 0 aromatic rings. The molecule has 0 fully saturated rings. The molecule has 0 saturated heterocycles. The molecule has 0 aromatic carbocycles. The second-order valence-corrected chi connectivity index (χ2v) is 25.9. The zero-order valence-electron chi connectivity index (χ0n) is 55.6. The molecule has 0 rings (SSSR count). The first-order valence-electron chi connectivity index (χ1n) is 37.5. The molecule has 0 aliphatic rings. The number of unbranched alkanes of at least 4 members (excludes halogenated alkanes) is 60. The first kappa shape index (κ1) is 79.4. The Hall–Kier alpha value is -1.59. The van der Waals surface area contributed by atoms with E-state index in [1.165, 1.54) is 347 Å². The Balaban J connectivity index is 3.99. The zero-order chi connectivity index (χ0) is 58.5. The van der Waals surface area contributed by atoms with Gasteiger partial charge < -0.3 is 14.2 Å². The molecule has 0 heterocycles. The second-order valence-electron chi connectivity index (χ2n) is 25.9. The van der Waals surface area contributed by atoms with Gasteiger partial charge in [0, 0.05) is 19.3 Å². The van der Waals surface area contributed by atoms with Crippen molar-refractivity contribution in [3.63, 3.8) is 0 Å². The normalized spacial score (nSPS) is 11.9. The summed E-state index contributed by atoms with van der Waals surface area (Å²) in [4.78, 5) is 38.3. The molecule has 6 heteroatoms. The molecule has 1 unspecified atom stereocenters. The number of carbonyl (C=O) groups is 3. The van der Waals surface area contributed by atoms with Crippen molar-refractivity contribution in [1.82, 2.24) is 0 Å². The molecule has 0 aliphatic carbocycles. The van der Waals surface area contributed by atoms with Crippen LogP contribution in [0, 0.1) is 0 Å². The van der Waals surface area contributed by atoms with Crippen LogP contribution >= 0.6 is 0 Å². The van der Waals surface area contributed by atoms with Crippen LogP contribution in [0.2, 0.25) is 0 Å². The SMILES string of the molecule is CCCCCCCCCCCCCCCCCCCCCCCCCCCCCCCCCCCCC(=O)OCC(COC(=O)CCCCCCCCCCCC)OC(=O)CCCCCCCCCCCCCCCCCCCCC. The molecule has 482 valence electrons. The fourth-order valence-electron chi connectivity index (χ4n) is 12.0. The summed E-state index contributed by atoms with van der Waals surface area (Å²) >= 11 is 0. The van der Waals surface area contributed by atoms with Crippen molar-refractivity contribution in [2.75, 3.05) is 13.2 Å². The van der Waals surface area contributed by atoms with E-state index in [4.69, 9.17) is 14.2 Å². The van der Waals surface area contributed by atoms with Gasteiger partial charge in [-0.3, -0.25) is 14.4 Å². The summed E-state index contributed by atoms with van der Waals surface area (Å²) in [5.74, 6) is -0.824. The monoisotopic (exact) mass is 1140 g/mol. The number of rotatable bonds is 71. The summed E-state index contributed by atoms with van der Waals surface area (Å²) in [5, 5.41) is 0. The Morgan fingerprint density at radius 3 is 0.494 bits per heavy atom. The van der Waals surface area contributed by atoms with Crippen LogP contribution in [0.1, 0.15) is 445 Å².